The van der Waals surface area contributed by atoms with Crippen LogP contribution in [0.3, 0.4) is 0 Å². The van der Waals surface area contributed by atoms with E-state index in [1.807, 2.05) is 6.08 Å². The molecule has 4 rings (SSSR count). The quantitative estimate of drug-likeness (QED) is 0.677. The molecule has 0 amide bonds. The molecule has 0 aromatic carbocycles. The molecule has 2 nitrogen and oxygen atoms in total. The first kappa shape index (κ1) is 13.2. The van der Waals surface area contributed by atoms with Gasteiger partial charge in [0, 0.05) is 12.8 Å². The summed E-state index contributed by atoms with van der Waals surface area (Å²) >= 11 is 0. The maximum Gasteiger partial charge on any atom is 0.165 e. The Bertz CT molecular complexity index is 636. The number of Topliss-reactive ketones (excluding diaryl/α,β-unsaturated/α-hetero) is 1. The molecule has 0 aliphatic heterocycles. The summed E-state index contributed by atoms with van der Waals surface area (Å²) < 4.78 is 0. The highest BCUT2D eigenvalue weighted by Gasteiger charge is 2.52. The maximum absolute atomic E-state index is 12.2. The van der Waals surface area contributed by atoms with Crippen molar-refractivity contribution in [2.24, 2.45) is 22.7 Å². The van der Waals surface area contributed by atoms with Gasteiger partial charge in [0.15, 0.2) is 5.78 Å². The number of hydrogen-bond donors (Lipinski definition) is 0. The first-order valence-electron chi connectivity index (χ1n) is 8.12. The highest BCUT2D eigenvalue weighted by molar-refractivity contribution is 6.02. The summed E-state index contributed by atoms with van der Waals surface area (Å²) in [4.78, 5) is 24.0. The monoisotopic (exact) mass is 282 g/mol. The summed E-state index contributed by atoms with van der Waals surface area (Å²) in [6, 6.07) is 0. The van der Waals surface area contributed by atoms with Crippen molar-refractivity contribution in [3.63, 3.8) is 0 Å². The molecule has 1 unspecified atom stereocenters. The molecule has 0 saturated heterocycles. The van der Waals surface area contributed by atoms with Crippen molar-refractivity contribution < 1.29 is 9.59 Å². The molecule has 0 aromatic rings. The van der Waals surface area contributed by atoms with E-state index in [0.717, 1.165) is 25.7 Å². The van der Waals surface area contributed by atoms with Gasteiger partial charge in [-0.2, -0.15) is 0 Å². The Hall–Kier alpha value is -1.44. The summed E-state index contributed by atoms with van der Waals surface area (Å²) in [5, 5.41) is 0. The Morgan fingerprint density at radius 1 is 1.10 bits per heavy atom. The number of hydrogen-bond acceptors (Lipinski definition) is 2. The van der Waals surface area contributed by atoms with Crippen molar-refractivity contribution in [3.8, 4) is 0 Å². The molecular weight excluding hydrogens is 260 g/mol. The van der Waals surface area contributed by atoms with E-state index in [1.54, 1.807) is 6.08 Å². The van der Waals surface area contributed by atoms with E-state index in [-0.39, 0.29) is 16.6 Å². The fourth-order valence-corrected chi connectivity index (χ4v) is 5.11. The molecule has 2 heteroatoms. The van der Waals surface area contributed by atoms with E-state index < -0.39 is 0 Å². The van der Waals surface area contributed by atoms with Crippen molar-refractivity contribution in [3.05, 3.63) is 35.5 Å². The van der Waals surface area contributed by atoms with Gasteiger partial charge in [-0.3, -0.25) is 9.59 Å². The normalized spacial score (nSPS) is 44.7. The molecule has 0 spiro atoms. The zero-order valence-corrected chi connectivity index (χ0v) is 12.8. The predicted molar refractivity (Wildman–Crippen MR) is 81.6 cm³/mol. The Kier molecular flexibility index (Phi) is 2.56. The standard InChI is InChI=1S/C19H22O2/c1-18-9-7-13(20)11-12(18)3-4-14-15-5-6-17(21)19(15,2)10-8-16(14)18/h3-6,12,16H,7-11H2,1-2H3/t12?,16-,18-,19-/m0/s1. The van der Waals surface area contributed by atoms with Crippen LogP contribution in [0.25, 0.3) is 0 Å². The predicted octanol–water partition coefficient (Wildman–Crippen LogP) is 3.78. The molecule has 0 N–H and O–H groups in total. The smallest absolute Gasteiger partial charge is 0.165 e. The second-order valence-corrected chi connectivity index (χ2v) is 7.70. The highest BCUT2D eigenvalue weighted by atomic mass is 16.1. The molecule has 4 aliphatic rings. The fraction of sp³-hybridized carbons (Fsp3) is 0.579. The lowest BCUT2D eigenvalue weighted by Gasteiger charge is -2.52. The molecule has 4 aliphatic carbocycles. The number of allylic oxidation sites excluding steroid dienone is 6. The number of fused-ring (bicyclic) bond motifs is 4. The second kappa shape index (κ2) is 4.06. The molecule has 0 radical (unpaired) electrons. The molecule has 0 aromatic heterocycles. The summed E-state index contributed by atoms with van der Waals surface area (Å²) in [5.41, 5.74) is 2.53. The van der Waals surface area contributed by atoms with E-state index in [0.29, 0.717) is 24.0 Å². The van der Waals surface area contributed by atoms with Gasteiger partial charge >= 0.3 is 0 Å². The zero-order chi connectivity index (χ0) is 14.8. The van der Waals surface area contributed by atoms with Gasteiger partial charge in [-0.15, -0.1) is 0 Å². The summed E-state index contributed by atoms with van der Waals surface area (Å²) in [5.74, 6) is 1.58. The van der Waals surface area contributed by atoms with Crippen LogP contribution in [0.2, 0.25) is 0 Å². The van der Waals surface area contributed by atoms with Gasteiger partial charge in [-0.05, 0) is 60.7 Å². The number of rotatable bonds is 0. The van der Waals surface area contributed by atoms with Crippen molar-refractivity contribution in [1.82, 2.24) is 0 Å². The average Bonchev–Trinajstić information content (AvgIpc) is 2.76. The molecule has 0 bridgehead atoms. The third-order valence-electron chi connectivity index (χ3n) is 6.70. The van der Waals surface area contributed by atoms with E-state index in [1.165, 1.54) is 11.1 Å². The lowest BCUT2D eigenvalue weighted by Crippen LogP contribution is -2.45. The van der Waals surface area contributed by atoms with Gasteiger partial charge in [0.05, 0.1) is 5.41 Å². The van der Waals surface area contributed by atoms with Crippen LogP contribution in [-0.4, -0.2) is 11.6 Å². The fourth-order valence-electron chi connectivity index (χ4n) is 5.11. The van der Waals surface area contributed by atoms with Gasteiger partial charge < -0.3 is 0 Å². The average molecular weight is 282 g/mol. The minimum absolute atomic E-state index is 0.200. The molecule has 110 valence electrons. The van der Waals surface area contributed by atoms with Crippen LogP contribution in [0.15, 0.2) is 35.5 Å². The van der Waals surface area contributed by atoms with E-state index in [9.17, 15) is 9.59 Å². The van der Waals surface area contributed by atoms with Crippen molar-refractivity contribution >= 4 is 11.6 Å². The zero-order valence-electron chi connectivity index (χ0n) is 12.8. The van der Waals surface area contributed by atoms with Crippen LogP contribution < -0.4 is 0 Å². The van der Waals surface area contributed by atoms with Crippen molar-refractivity contribution in [2.45, 2.75) is 46.0 Å². The summed E-state index contributed by atoms with van der Waals surface area (Å²) in [6.07, 6.45) is 12.7. The molecule has 4 atom stereocenters. The first-order valence-corrected chi connectivity index (χ1v) is 8.12. The van der Waals surface area contributed by atoms with Crippen LogP contribution >= 0.6 is 0 Å². The Morgan fingerprint density at radius 2 is 1.90 bits per heavy atom. The largest absolute Gasteiger partial charge is 0.300 e. The van der Waals surface area contributed by atoms with Crippen molar-refractivity contribution in [2.75, 3.05) is 0 Å². The lowest BCUT2D eigenvalue weighted by atomic mass is 9.51. The van der Waals surface area contributed by atoms with Gasteiger partial charge in [-0.25, -0.2) is 0 Å². The highest BCUT2D eigenvalue weighted by Crippen LogP contribution is 2.59. The van der Waals surface area contributed by atoms with Gasteiger partial charge in [-0.1, -0.05) is 25.2 Å². The molecule has 0 heterocycles. The van der Waals surface area contributed by atoms with Crippen LogP contribution in [0.5, 0.6) is 0 Å². The number of carbonyl (C=O) groups excluding carboxylic acids is 2. The Balaban J connectivity index is 1.85. The SMILES string of the molecule is C[C@]12CC[C@H]3C(=C1C=CC2=O)C=CC1CC(=O)CC[C@@]13C. The van der Waals surface area contributed by atoms with Gasteiger partial charge in [0.1, 0.15) is 5.78 Å². The molecular formula is C19H22O2. The number of ketones is 2. The van der Waals surface area contributed by atoms with E-state index in [4.69, 9.17) is 0 Å². The molecule has 21 heavy (non-hydrogen) atoms. The van der Waals surface area contributed by atoms with Gasteiger partial charge in [0.25, 0.3) is 0 Å². The molecule has 1 saturated carbocycles. The van der Waals surface area contributed by atoms with Crippen LogP contribution in [0, 0.1) is 22.7 Å². The Morgan fingerprint density at radius 3 is 2.71 bits per heavy atom. The van der Waals surface area contributed by atoms with Crippen LogP contribution in [0.1, 0.15) is 46.0 Å². The minimum Gasteiger partial charge on any atom is -0.300 e. The van der Waals surface area contributed by atoms with Crippen molar-refractivity contribution in [1.29, 1.82) is 0 Å². The van der Waals surface area contributed by atoms with Gasteiger partial charge in [0.2, 0.25) is 0 Å². The molecule has 1 fully saturated rings. The maximum atomic E-state index is 12.2. The van der Waals surface area contributed by atoms with E-state index in [2.05, 4.69) is 26.0 Å². The number of carbonyl (C=O) groups is 2. The van der Waals surface area contributed by atoms with Crippen LogP contribution in [-0.2, 0) is 9.59 Å². The lowest BCUT2D eigenvalue weighted by molar-refractivity contribution is -0.125. The first-order chi connectivity index (χ1) is 9.95. The second-order valence-electron chi connectivity index (χ2n) is 7.70. The topological polar surface area (TPSA) is 34.1 Å². The summed E-state index contributed by atoms with van der Waals surface area (Å²) in [7, 11) is 0. The summed E-state index contributed by atoms with van der Waals surface area (Å²) in [6.45, 7) is 4.46. The third kappa shape index (κ3) is 1.59. The van der Waals surface area contributed by atoms with E-state index >= 15 is 0 Å². The van der Waals surface area contributed by atoms with Crippen LogP contribution in [0.4, 0.5) is 0 Å². The Labute approximate surface area is 126 Å². The minimum atomic E-state index is -0.288. The third-order valence-corrected chi connectivity index (χ3v) is 6.70.